The molecule has 3 aromatic carbocycles. The Morgan fingerprint density at radius 2 is 1.50 bits per heavy atom. The first-order valence-corrected chi connectivity index (χ1v) is 7.90. The summed E-state index contributed by atoms with van der Waals surface area (Å²) < 4.78 is 6.06. The van der Waals surface area contributed by atoms with Crippen LogP contribution in [0.25, 0.3) is 11.1 Å². The fourth-order valence-electron chi connectivity index (χ4n) is 2.45. The third-order valence-electron chi connectivity index (χ3n) is 3.68. The summed E-state index contributed by atoms with van der Waals surface area (Å²) in [6.45, 7) is 0.983. The first-order valence-electron chi connectivity index (χ1n) is 7.52. The summed E-state index contributed by atoms with van der Waals surface area (Å²) in [5.74, 6) is 0.796. The van der Waals surface area contributed by atoms with E-state index in [1.165, 1.54) is 0 Å². The molecule has 0 radical (unpaired) electrons. The van der Waals surface area contributed by atoms with Crippen molar-refractivity contribution in [1.82, 2.24) is 0 Å². The molecule has 3 rings (SSSR count). The normalized spacial score (nSPS) is 10.1. The lowest BCUT2D eigenvalue weighted by molar-refractivity contribution is 0.307. The van der Waals surface area contributed by atoms with Crippen molar-refractivity contribution in [2.24, 2.45) is 5.73 Å². The maximum absolute atomic E-state index is 6.34. The molecule has 0 aliphatic rings. The largest absolute Gasteiger partial charge is 0.488 e. The third kappa shape index (κ3) is 4.30. The van der Waals surface area contributed by atoms with Crippen LogP contribution < -0.4 is 10.5 Å². The van der Waals surface area contributed by atoms with E-state index in [0.717, 1.165) is 28.0 Å². The Labute approximate surface area is 153 Å². The maximum Gasteiger partial charge on any atom is 0.128 e. The molecule has 0 aliphatic heterocycles. The Morgan fingerprint density at radius 1 is 0.792 bits per heavy atom. The van der Waals surface area contributed by atoms with Crippen LogP contribution in [0.1, 0.15) is 11.1 Å². The van der Waals surface area contributed by atoms with E-state index in [2.05, 4.69) is 0 Å². The highest BCUT2D eigenvalue weighted by atomic mass is 35.5. The predicted molar refractivity (Wildman–Crippen MR) is 103 cm³/mol. The number of nitrogens with two attached hydrogens (primary N) is 1. The molecule has 0 heterocycles. The number of hydrogen-bond acceptors (Lipinski definition) is 2. The SMILES string of the molecule is Cl.NCc1ccc(-c2ccccc2Cl)c(OCc2ccccc2)c1. The van der Waals surface area contributed by atoms with E-state index in [0.29, 0.717) is 18.2 Å². The zero-order valence-electron chi connectivity index (χ0n) is 13.1. The second-order valence-corrected chi connectivity index (χ2v) is 5.70. The molecule has 0 aromatic heterocycles. The van der Waals surface area contributed by atoms with Crippen LogP contribution in [0.5, 0.6) is 5.75 Å². The van der Waals surface area contributed by atoms with E-state index in [9.17, 15) is 0 Å². The van der Waals surface area contributed by atoms with Crippen LogP contribution in [0.15, 0.2) is 72.8 Å². The third-order valence-corrected chi connectivity index (χ3v) is 4.01. The molecule has 0 amide bonds. The molecular formula is C20H19Cl2NO. The van der Waals surface area contributed by atoms with Gasteiger partial charge in [-0.15, -0.1) is 12.4 Å². The average Bonchev–Trinajstić information content (AvgIpc) is 2.61. The zero-order chi connectivity index (χ0) is 16.1. The van der Waals surface area contributed by atoms with Crippen molar-refractivity contribution in [2.75, 3.05) is 0 Å². The van der Waals surface area contributed by atoms with Crippen LogP contribution in [0.3, 0.4) is 0 Å². The van der Waals surface area contributed by atoms with Crippen molar-refractivity contribution in [3.8, 4) is 16.9 Å². The molecule has 24 heavy (non-hydrogen) atoms. The van der Waals surface area contributed by atoms with E-state index in [1.807, 2.05) is 72.8 Å². The maximum atomic E-state index is 6.34. The smallest absolute Gasteiger partial charge is 0.128 e. The number of halogens is 2. The van der Waals surface area contributed by atoms with Crippen LogP contribution in [-0.2, 0) is 13.2 Å². The number of benzene rings is 3. The standard InChI is InChI=1S/C20H18ClNO.ClH/c21-19-9-5-4-8-17(19)18-11-10-16(13-22)12-20(18)23-14-15-6-2-1-3-7-15;/h1-12H,13-14,22H2;1H. The Balaban J connectivity index is 0.00000208. The summed E-state index contributed by atoms with van der Waals surface area (Å²) in [7, 11) is 0. The predicted octanol–water partition coefficient (Wildman–Crippen LogP) is 5.47. The molecule has 2 nitrogen and oxygen atoms in total. The number of ether oxygens (including phenoxy) is 1. The van der Waals surface area contributed by atoms with Crippen molar-refractivity contribution < 1.29 is 4.74 Å². The Morgan fingerprint density at radius 3 is 2.21 bits per heavy atom. The van der Waals surface area contributed by atoms with E-state index < -0.39 is 0 Å². The van der Waals surface area contributed by atoms with Gasteiger partial charge in [0.15, 0.2) is 0 Å². The van der Waals surface area contributed by atoms with Crippen LogP contribution in [-0.4, -0.2) is 0 Å². The molecule has 4 heteroatoms. The van der Waals surface area contributed by atoms with Crippen molar-refractivity contribution in [3.05, 3.63) is 88.9 Å². The Bertz CT molecular complexity index is 791. The summed E-state index contributed by atoms with van der Waals surface area (Å²) >= 11 is 6.34. The van der Waals surface area contributed by atoms with Gasteiger partial charge in [-0.05, 0) is 23.3 Å². The molecule has 0 bridgehead atoms. The van der Waals surface area contributed by atoms with Gasteiger partial charge in [0.2, 0.25) is 0 Å². The van der Waals surface area contributed by atoms with Gasteiger partial charge in [0.05, 0.1) is 0 Å². The van der Waals surface area contributed by atoms with Crippen LogP contribution in [0.4, 0.5) is 0 Å². The van der Waals surface area contributed by atoms with E-state index in [1.54, 1.807) is 0 Å². The molecule has 0 unspecified atom stereocenters. The molecular weight excluding hydrogens is 341 g/mol. The molecule has 0 saturated carbocycles. The lowest BCUT2D eigenvalue weighted by atomic mass is 10.0. The first-order chi connectivity index (χ1) is 11.3. The molecule has 0 fully saturated rings. The summed E-state index contributed by atoms with van der Waals surface area (Å²) in [6.07, 6.45) is 0. The fraction of sp³-hybridized carbons (Fsp3) is 0.100. The van der Waals surface area contributed by atoms with Gasteiger partial charge in [0.1, 0.15) is 12.4 Å². The average molecular weight is 360 g/mol. The van der Waals surface area contributed by atoms with Crippen molar-refractivity contribution in [2.45, 2.75) is 13.2 Å². The summed E-state index contributed by atoms with van der Waals surface area (Å²) in [5.41, 5.74) is 9.85. The van der Waals surface area contributed by atoms with E-state index in [4.69, 9.17) is 22.1 Å². The lowest BCUT2D eigenvalue weighted by Crippen LogP contribution is -2.01. The Hall–Kier alpha value is -2.00. The lowest BCUT2D eigenvalue weighted by Gasteiger charge is -2.14. The monoisotopic (exact) mass is 359 g/mol. The fourth-order valence-corrected chi connectivity index (χ4v) is 2.69. The number of rotatable bonds is 5. The second-order valence-electron chi connectivity index (χ2n) is 5.29. The topological polar surface area (TPSA) is 35.2 Å². The molecule has 124 valence electrons. The summed E-state index contributed by atoms with van der Waals surface area (Å²) in [5, 5.41) is 0.706. The van der Waals surface area contributed by atoms with Crippen molar-refractivity contribution in [3.63, 3.8) is 0 Å². The highest BCUT2D eigenvalue weighted by molar-refractivity contribution is 6.33. The number of hydrogen-bond donors (Lipinski definition) is 1. The first kappa shape index (κ1) is 18.3. The van der Waals surface area contributed by atoms with Gasteiger partial charge in [0, 0.05) is 22.7 Å². The van der Waals surface area contributed by atoms with Crippen LogP contribution in [0, 0.1) is 0 Å². The van der Waals surface area contributed by atoms with Gasteiger partial charge < -0.3 is 10.5 Å². The van der Waals surface area contributed by atoms with Gasteiger partial charge in [-0.1, -0.05) is 72.3 Å². The molecule has 0 aliphatic carbocycles. The molecule has 0 spiro atoms. The summed E-state index contributed by atoms with van der Waals surface area (Å²) in [6, 6.07) is 23.9. The van der Waals surface area contributed by atoms with Gasteiger partial charge in [-0.25, -0.2) is 0 Å². The molecule has 2 N–H and O–H groups in total. The quantitative estimate of drug-likeness (QED) is 0.655. The minimum Gasteiger partial charge on any atom is -0.488 e. The molecule has 3 aromatic rings. The van der Waals surface area contributed by atoms with Crippen LogP contribution >= 0.6 is 24.0 Å². The minimum absolute atomic E-state index is 0. The van der Waals surface area contributed by atoms with Gasteiger partial charge >= 0.3 is 0 Å². The van der Waals surface area contributed by atoms with Crippen LogP contribution in [0.2, 0.25) is 5.02 Å². The molecule has 0 atom stereocenters. The summed E-state index contributed by atoms with van der Waals surface area (Å²) in [4.78, 5) is 0. The van der Waals surface area contributed by atoms with Crippen molar-refractivity contribution in [1.29, 1.82) is 0 Å². The second kappa shape index (κ2) is 8.74. The Kier molecular flexibility index (Phi) is 6.68. The van der Waals surface area contributed by atoms with Crippen molar-refractivity contribution >= 4 is 24.0 Å². The van der Waals surface area contributed by atoms with Gasteiger partial charge in [0.25, 0.3) is 0 Å². The van der Waals surface area contributed by atoms with Gasteiger partial charge in [-0.2, -0.15) is 0 Å². The minimum atomic E-state index is 0. The highest BCUT2D eigenvalue weighted by Gasteiger charge is 2.10. The highest BCUT2D eigenvalue weighted by Crippen LogP contribution is 2.35. The van der Waals surface area contributed by atoms with Gasteiger partial charge in [-0.3, -0.25) is 0 Å². The van der Waals surface area contributed by atoms with E-state index in [-0.39, 0.29) is 12.4 Å². The molecule has 0 saturated heterocycles. The van der Waals surface area contributed by atoms with E-state index >= 15 is 0 Å². The zero-order valence-corrected chi connectivity index (χ0v) is 14.7.